The van der Waals surface area contributed by atoms with Crippen LogP contribution in [0.15, 0.2) is 24.5 Å². The van der Waals surface area contributed by atoms with Gasteiger partial charge in [0, 0.05) is 45.6 Å². The number of H-pyrrole nitrogens is 1. The van der Waals surface area contributed by atoms with Gasteiger partial charge in [0.25, 0.3) is 17.4 Å². The van der Waals surface area contributed by atoms with E-state index in [-0.39, 0.29) is 5.91 Å². The van der Waals surface area contributed by atoms with E-state index in [0.29, 0.717) is 12.4 Å². The first-order valence-corrected chi connectivity index (χ1v) is 8.26. The summed E-state index contributed by atoms with van der Waals surface area (Å²) in [6, 6.07) is 0. The Bertz CT molecular complexity index is 959. The molecular formula is C17H20N7O+. The van der Waals surface area contributed by atoms with Crippen LogP contribution in [-0.4, -0.2) is 37.1 Å². The highest BCUT2D eigenvalue weighted by Crippen LogP contribution is 2.17. The first-order chi connectivity index (χ1) is 12.0. The molecule has 4 rings (SSSR count). The van der Waals surface area contributed by atoms with E-state index >= 15 is 0 Å². The predicted molar refractivity (Wildman–Crippen MR) is 91.1 cm³/mol. The van der Waals surface area contributed by atoms with Crippen molar-refractivity contribution in [3.63, 3.8) is 0 Å². The molecule has 3 aromatic heterocycles. The quantitative estimate of drug-likeness (QED) is 0.706. The van der Waals surface area contributed by atoms with Gasteiger partial charge in [-0.2, -0.15) is 0 Å². The SMILES string of the molecule is Cc1cnc(C)[n+]2[nH]c(CCc3nc(N4CC=CC4=O)cn3C)nc12. The lowest BCUT2D eigenvalue weighted by molar-refractivity contribution is -0.589. The Labute approximate surface area is 144 Å². The van der Waals surface area contributed by atoms with Crippen LogP contribution in [-0.2, 0) is 24.7 Å². The van der Waals surface area contributed by atoms with Crippen LogP contribution in [0.3, 0.4) is 0 Å². The molecular weight excluding hydrogens is 318 g/mol. The summed E-state index contributed by atoms with van der Waals surface area (Å²) in [6.07, 6.45) is 8.63. The van der Waals surface area contributed by atoms with Gasteiger partial charge in [0.05, 0.1) is 5.56 Å². The van der Waals surface area contributed by atoms with Crippen molar-refractivity contribution in [3.8, 4) is 0 Å². The lowest BCUT2D eigenvalue weighted by Crippen LogP contribution is -2.29. The van der Waals surface area contributed by atoms with Crippen LogP contribution in [0.4, 0.5) is 5.82 Å². The second kappa shape index (κ2) is 5.80. The van der Waals surface area contributed by atoms with Crippen LogP contribution in [0, 0.1) is 13.8 Å². The second-order valence-electron chi connectivity index (χ2n) is 6.30. The van der Waals surface area contributed by atoms with E-state index in [1.807, 2.05) is 48.4 Å². The number of nitrogens with one attached hydrogen (secondary N) is 1. The summed E-state index contributed by atoms with van der Waals surface area (Å²) in [5.41, 5.74) is 1.93. The minimum Gasteiger partial charge on any atom is -0.336 e. The molecule has 8 nitrogen and oxygen atoms in total. The maximum Gasteiger partial charge on any atom is 0.292 e. The third-order valence-corrected chi connectivity index (χ3v) is 4.45. The largest absolute Gasteiger partial charge is 0.336 e. The molecule has 0 unspecified atom stereocenters. The predicted octanol–water partition coefficient (Wildman–Crippen LogP) is 0.582. The molecule has 0 bridgehead atoms. The van der Waals surface area contributed by atoms with Crippen molar-refractivity contribution in [3.05, 3.63) is 47.6 Å². The van der Waals surface area contributed by atoms with Crippen molar-refractivity contribution in [1.82, 2.24) is 24.6 Å². The maximum absolute atomic E-state index is 11.8. The van der Waals surface area contributed by atoms with Crippen molar-refractivity contribution in [2.24, 2.45) is 7.05 Å². The topological polar surface area (TPSA) is 83.8 Å². The molecule has 3 aromatic rings. The highest BCUT2D eigenvalue weighted by Gasteiger charge is 2.21. The maximum atomic E-state index is 11.8. The minimum atomic E-state index is -0.0169. The molecule has 1 N–H and O–H groups in total. The first-order valence-electron chi connectivity index (χ1n) is 8.26. The Morgan fingerprint density at radius 2 is 2.12 bits per heavy atom. The minimum absolute atomic E-state index is 0.0169. The molecule has 4 heterocycles. The number of anilines is 1. The van der Waals surface area contributed by atoms with Gasteiger partial charge in [0.2, 0.25) is 5.82 Å². The first kappa shape index (κ1) is 15.5. The van der Waals surface area contributed by atoms with Crippen LogP contribution in [0.5, 0.6) is 0 Å². The van der Waals surface area contributed by atoms with E-state index in [1.165, 1.54) is 0 Å². The molecule has 8 heteroatoms. The fourth-order valence-electron chi connectivity index (χ4n) is 3.03. The zero-order chi connectivity index (χ0) is 17.6. The number of hydrogen-bond acceptors (Lipinski definition) is 4. The van der Waals surface area contributed by atoms with Crippen LogP contribution >= 0.6 is 0 Å². The molecule has 1 aliphatic heterocycles. The molecule has 0 aromatic carbocycles. The summed E-state index contributed by atoms with van der Waals surface area (Å²) in [5.74, 6) is 3.37. The van der Waals surface area contributed by atoms with Gasteiger partial charge in [-0.15, -0.1) is 9.50 Å². The number of hydrogen-bond donors (Lipinski definition) is 1. The Morgan fingerprint density at radius 3 is 2.84 bits per heavy atom. The third kappa shape index (κ3) is 2.69. The van der Waals surface area contributed by atoms with Crippen molar-refractivity contribution < 1.29 is 9.31 Å². The Morgan fingerprint density at radius 1 is 1.28 bits per heavy atom. The highest BCUT2D eigenvalue weighted by molar-refractivity contribution is 6.03. The lowest BCUT2D eigenvalue weighted by atomic mass is 10.3. The van der Waals surface area contributed by atoms with Gasteiger partial charge in [-0.25, -0.2) is 10.1 Å². The number of aromatic amines is 1. The average Bonchev–Trinajstić information content (AvgIpc) is 3.28. The van der Waals surface area contributed by atoms with Gasteiger partial charge in [-0.3, -0.25) is 9.69 Å². The fourth-order valence-corrected chi connectivity index (χ4v) is 3.03. The summed E-state index contributed by atoms with van der Waals surface area (Å²) in [5, 5.41) is 3.29. The number of rotatable bonds is 4. The van der Waals surface area contributed by atoms with Gasteiger partial charge in [-0.1, -0.05) is 11.1 Å². The standard InChI is InChI=1S/C17H19N7O/c1-11-9-18-12(2)24-17(11)19-13(21-24)6-7-14-20-15(10-22(14)3)23-8-4-5-16(23)25/h4-5,9-10H,6-8H2,1-3H3/p+1. The summed E-state index contributed by atoms with van der Waals surface area (Å²) in [6.45, 7) is 4.53. The van der Waals surface area contributed by atoms with Crippen molar-refractivity contribution in [1.29, 1.82) is 0 Å². The van der Waals surface area contributed by atoms with Crippen LogP contribution < -0.4 is 9.42 Å². The van der Waals surface area contributed by atoms with Crippen molar-refractivity contribution in [2.75, 3.05) is 11.4 Å². The zero-order valence-electron chi connectivity index (χ0n) is 14.5. The second-order valence-corrected chi connectivity index (χ2v) is 6.30. The molecule has 0 saturated heterocycles. The Hall–Kier alpha value is -3.03. The molecule has 0 atom stereocenters. The van der Waals surface area contributed by atoms with Crippen molar-refractivity contribution >= 4 is 17.4 Å². The summed E-state index contributed by atoms with van der Waals surface area (Å²) in [4.78, 5) is 27.1. The van der Waals surface area contributed by atoms with E-state index < -0.39 is 0 Å². The van der Waals surface area contributed by atoms with E-state index in [1.54, 1.807) is 11.0 Å². The monoisotopic (exact) mass is 338 g/mol. The Balaban J connectivity index is 1.54. The Kier molecular flexibility index (Phi) is 3.60. The van der Waals surface area contributed by atoms with E-state index in [2.05, 4.69) is 20.1 Å². The van der Waals surface area contributed by atoms with Gasteiger partial charge >= 0.3 is 0 Å². The molecule has 0 aliphatic carbocycles. The molecule has 128 valence electrons. The number of carbonyl (C=O) groups excluding carboxylic acids is 1. The normalized spacial score (nSPS) is 14.2. The van der Waals surface area contributed by atoms with Gasteiger partial charge in [0.15, 0.2) is 5.82 Å². The average molecular weight is 338 g/mol. The molecule has 0 saturated carbocycles. The van der Waals surface area contributed by atoms with E-state index in [0.717, 1.165) is 41.5 Å². The summed E-state index contributed by atoms with van der Waals surface area (Å²) < 4.78 is 3.87. The number of aryl methyl sites for hydroxylation is 5. The van der Waals surface area contributed by atoms with Crippen LogP contribution in [0.1, 0.15) is 23.0 Å². The summed E-state index contributed by atoms with van der Waals surface area (Å²) in [7, 11) is 1.95. The fraction of sp³-hybridized carbons (Fsp3) is 0.353. The summed E-state index contributed by atoms with van der Waals surface area (Å²) >= 11 is 0. The number of fused-ring (bicyclic) bond motifs is 1. The number of nitrogens with zero attached hydrogens (tertiary/aromatic N) is 6. The zero-order valence-corrected chi connectivity index (χ0v) is 14.5. The van der Waals surface area contributed by atoms with Crippen LogP contribution in [0.2, 0.25) is 0 Å². The smallest absolute Gasteiger partial charge is 0.292 e. The van der Waals surface area contributed by atoms with Crippen LogP contribution in [0.25, 0.3) is 5.65 Å². The van der Waals surface area contributed by atoms with Gasteiger partial charge < -0.3 is 4.57 Å². The number of aromatic nitrogens is 6. The molecule has 0 fully saturated rings. The highest BCUT2D eigenvalue weighted by atomic mass is 16.2. The molecule has 0 radical (unpaired) electrons. The molecule has 1 amide bonds. The van der Waals surface area contributed by atoms with Crippen molar-refractivity contribution in [2.45, 2.75) is 26.7 Å². The molecule has 0 spiro atoms. The third-order valence-electron chi connectivity index (χ3n) is 4.45. The molecule has 1 aliphatic rings. The van der Waals surface area contributed by atoms with Gasteiger partial charge in [-0.05, 0) is 6.92 Å². The lowest BCUT2D eigenvalue weighted by Gasteiger charge is -2.10. The van der Waals surface area contributed by atoms with Gasteiger partial charge in [0.1, 0.15) is 12.0 Å². The van der Waals surface area contributed by atoms with E-state index in [9.17, 15) is 4.79 Å². The number of carbonyl (C=O) groups is 1. The molecule has 25 heavy (non-hydrogen) atoms. The van der Waals surface area contributed by atoms with E-state index in [4.69, 9.17) is 0 Å². The number of amides is 1. The number of imidazole rings is 1.